The van der Waals surface area contributed by atoms with E-state index in [9.17, 15) is 17.6 Å². The molecule has 0 aliphatic rings. The van der Waals surface area contributed by atoms with Crippen LogP contribution >= 0.6 is 0 Å². The molecule has 0 fully saturated rings. The molecule has 0 bridgehead atoms. The molecular weight excluding hydrogens is 387 g/mol. The smallest absolute Gasteiger partial charge is 0.333 e. The van der Waals surface area contributed by atoms with E-state index in [1.54, 1.807) is 0 Å². The van der Waals surface area contributed by atoms with Gasteiger partial charge in [-0.3, -0.25) is 0 Å². The maximum atomic E-state index is 14.0. The molecule has 1 aromatic heterocycles. The molecule has 2 aromatic rings. The van der Waals surface area contributed by atoms with E-state index in [1.807, 2.05) is 32.4 Å². The summed E-state index contributed by atoms with van der Waals surface area (Å²) in [6.07, 6.45) is 1.20. The van der Waals surface area contributed by atoms with E-state index >= 15 is 0 Å². The fraction of sp³-hybridized carbons (Fsp3) is 0.389. The molecule has 0 aliphatic heterocycles. The van der Waals surface area contributed by atoms with Crippen molar-refractivity contribution in [3.63, 3.8) is 0 Å². The summed E-state index contributed by atoms with van der Waals surface area (Å²) >= 11 is 0. The minimum absolute atomic E-state index is 0.0915. The summed E-state index contributed by atoms with van der Waals surface area (Å²) in [6, 6.07) is 2.67. The zero-order valence-corrected chi connectivity index (χ0v) is 17.1. The van der Waals surface area contributed by atoms with Gasteiger partial charge in [0.15, 0.2) is 5.03 Å². The van der Waals surface area contributed by atoms with Crippen LogP contribution in [0.5, 0.6) is 6.01 Å². The van der Waals surface area contributed by atoms with E-state index in [-0.39, 0.29) is 17.8 Å². The number of hydrogen-bond donors (Lipinski definition) is 2. The van der Waals surface area contributed by atoms with Gasteiger partial charge in [-0.2, -0.15) is 13.4 Å². The molecule has 28 heavy (non-hydrogen) atoms. The average molecular weight is 410 g/mol. The van der Waals surface area contributed by atoms with Crippen molar-refractivity contribution < 1.29 is 22.3 Å². The molecule has 0 saturated heterocycles. The number of anilines is 1. The van der Waals surface area contributed by atoms with Crippen LogP contribution in [0.3, 0.4) is 0 Å². The third kappa shape index (κ3) is 4.94. The molecule has 1 aromatic carbocycles. The molecule has 1 heterocycles. The van der Waals surface area contributed by atoms with Crippen LogP contribution < -0.4 is 14.8 Å². The first kappa shape index (κ1) is 21.5. The number of carbonyl (C=O) groups excluding carboxylic acids is 1. The minimum Gasteiger partial charge on any atom is -0.467 e. The lowest BCUT2D eigenvalue weighted by molar-refractivity contribution is 0.256. The molecule has 152 valence electrons. The van der Waals surface area contributed by atoms with Crippen molar-refractivity contribution in [2.75, 3.05) is 12.4 Å². The van der Waals surface area contributed by atoms with Crippen LogP contribution in [0.15, 0.2) is 29.4 Å². The molecule has 0 spiro atoms. The van der Waals surface area contributed by atoms with Crippen LogP contribution in [0.25, 0.3) is 0 Å². The largest absolute Gasteiger partial charge is 0.467 e. The van der Waals surface area contributed by atoms with E-state index < -0.39 is 26.9 Å². The number of ether oxygens (including phenoxy) is 1. The Morgan fingerprint density at radius 1 is 1.14 bits per heavy atom. The van der Waals surface area contributed by atoms with Crippen LogP contribution in [-0.4, -0.2) is 31.5 Å². The molecule has 0 atom stereocenters. The highest BCUT2D eigenvalue weighted by Gasteiger charge is 2.23. The molecule has 8 nitrogen and oxygen atoms in total. The molecular formula is C18H23FN4O4S. The molecule has 0 unspecified atom stereocenters. The van der Waals surface area contributed by atoms with Gasteiger partial charge in [0.05, 0.1) is 7.11 Å². The van der Waals surface area contributed by atoms with Gasteiger partial charge >= 0.3 is 12.0 Å². The molecule has 0 saturated carbocycles. The second-order valence-corrected chi connectivity index (χ2v) is 8.34. The molecule has 0 aliphatic carbocycles. The lowest BCUT2D eigenvalue weighted by Crippen LogP contribution is -2.35. The van der Waals surface area contributed by atoms with E-state index in [0.717, 1.165) is 6.07 Å². The first-order chi connectivity index (χ1) is 13.0. The van der Waals surface area contributed by atoms with Crippen molar-refractivity contribution in [1.82, 2.24) is 14.7 Å². The summed E-state index contributed by atoms with van der Waals surface area (Å²) in [5, 5.41) is 2.14. The minimum atomic E-state index is -4.25. The number of carbonyl (C=O) groups is 1. The van der Waals surface area contributed by atoms with Gasteiger partial charge in [0.25, 0.3) is 10.0 Å². The predicted molar refractivity (Wildman–Crippen MR) is 103 cm³/mol. The Hall–Kier alpha value is -2.75. The third-order valence-electron chi connectivity index (χ3n) is 3.94. The maximum absolute atomic E-state index is 14.0. The number of halogens is 1. The van der Waals surface area contributed by atoms with Crippen molar-refractivity contribution >= 4 is 21.7 Å². The topological polar surface area (TPSA) is 110 Å². The van der Waals surface area contributed by atoms with Crippen molar-refractivity contribution in [2.24, 2.45) is 0 Å². The van der Waals surface area contributed by atoms with Gasteiger partial charge in [-0.15, -0.1) is 0 Å². The Morgan fingerprint density at radius 2 is 1.71 bits per heavy atom. The molecule has 2 amide bonds. The molecule has 2 N–H and O–H groups in total. The van der Waals surface area contributed by atoms with Gasteiger partial charge in [-0.05, 0) is 41.2 Å². The van der Waals surface area contributed by atoms with Crippen LogP contribution in [0.4, 0.5) is 14.9 Å². The Kier molecular flexibility index (Phi) is 6.55. The molecule has 2 rings (SSSR count). The Morgan fingerprint density at radius 3 is 2.21 bits per heavy atom. The standard InChI is InChI=1S/C18H23FN4O4S/c1-10(2)13-8-12(19)9-14(11(3)4)16(13)22-17(24)23-28(25,26)15-6-7-20-18(21-15)27-5/h6-11H,1-5H3,(H2,22,23,24). The zero-order chi connectivity index (χ0) is 21.1. The van der Waals surface area contributed by atoms with Crippen LogP contribution in [0.1, 0.15) is 50.7 Å². The number of nitrogens with zero attached hydrogens (tertiary/aromatic N) is 2. The number of amides is 2. The number of benzene rings is 1. The monoisotopic (exact) mass is 410 g/mol. The summed E-state index contributed by atoms with van der Waals surface area (Å²) in [7, 11) is -2.96. The summed E-state index contributed by atoms with van der Waals surface area (Å²) in [5.74, 6) is -0.600. The summed E-state index contributed by atoms with van der Waals surface area (Å²) in [5.41, 5.74) is 1.53. The van der Waals surface area contributed by atoms with Gasteiger partial charge in [0.2, 0.25) is 0 Å². The Bertz CT molecular complexity index is 948. The summed E-state index contributed by atoms with van der Waals surface area (Å²) in [6.45, 7) is 7.41. The van der Waals surface area contributed by atoms with Crippen molar-refractivity contribution in [2.45, 2.75) is 44.6 Å². The number of sulfonamides is 1. The molecule has 10 heteroatoms. The quantitative estimate of drug-likeness (QED) is 0.707. The first-order valence-electron chi connectivity index (χ1n) is 8.59. The van der Waals surface area contributed by atoms with Crippen LogP contribution in [-0.2, 0) is 10.0 Å². The lowest BCUT2D eigenvalue weighted by Gasteiger charge is -2.20. The number of aromatic nitrogens is 2. The fourth-order valence-electron chi connectivity index (χ4n) is 2.59. The van der Waals surface area contributed by atoms with E-state index in [2.05, 4.69) is 15.3 Å². The van der Waals surface area contributed by atoms with Crippen molar-refractivity contribution in [3.8, 4) is 6.01 Å². The van der Waals surface area contributed by atoms with Crippen LogP contribution in [0, 0.1) is 5.82 Å². The maximum Gasteiger partial charge on any atom is 0.333 e. The Balaban J connectivity index is 2.34. The van der Waals surface area contributed by atoms with Crippen LogP contribution in [0.2, 0.25) is 0 Å². The zero-order valence-electron chi connectivity index (χ0n) is 16.3. The van der Waals surface area contributed by atoms with Gasteiger partial charge in [0.1, 0.15) is 5.82 Å². The SMILES string of the molecule is COc1nccc(S(=O)(=O)NC(=O)Nc2c(C(C)C)cc(F)cc2C(C)C)n1. The Labute approximate surface area is 163 Å². The number of urea groups is 1. The highest BCUT2D eigenvalue weighted by atomic mass is 32.2. The van der Waals surface area contributed by atoms with Gasteiger partial charge < -0.3 is 10.1 Å². The summed E-state index contributed by atoms with van der Waals surface area (Å²) < 4.78 is 45.5. The number of rotatable bonds is 6. The first-order valence-corrected chi connectivity index (χ1v) is 10.1. The molecule has 0 radical (unpaired) electrons. The normalized spacial score (nSPS) is 11.6. The highest BCUT2D eigenvalue weighted by molar-refractivity contribution is 7.90. The van der Waals surface area contributed by atoms with Gasteiger partial charge in [-0.25, -0.2) is 18.9 Å². The van der Waals surface area contributed by atoms with Gasteiger partial charge in [0, 0.05) is 11.9 Å². The highest BCUT2D eigenvalue weighted by Crippen LogP contribution is 2.33. The van der Waals surface area contributed by atoms with Crippen molar-refractivity contribution in [1.29, 1.82) is 0 Å². The third-order valence-corrected chi connectivity index (χ3v) is 5.17. The second-order valence-electron chi connectivity index (χ2n) is 6.71. The van der Waals surface area contributed by atoms with Gasteiger partial charge in [-0.1, -0.05) is 27.7 Å². The summed E-state index contributed by atoms with van der Waals surface area (Å²) in [4.78, 5) is 19.9. The van der Waals surface area contributed by atoms with E-state index in [0.29, 0.717) is 16.8 Å². The van der Waals surface area contributed by atoms with E-state index in [1.165, 1.54) is 25.4 Å². The number of nitrogens with one attached hydrogen (secondary N) is 2. The number of hydrogen-bond acceptors (Lipinski definition) is 6. The average Bonchev–Trinajstić information content (AvgIpc) is 2.62. The number of methoxy groups -OCH3 is 1. The van der Waals surface area contributed by atoms with Crippen molar-refractivity contribution in [3.05, 3.63) is 41.3 Å². The lowest BCUT2D eigenvalue weighted by atomic mass is 9.92. The fourth-order valence-corrected chi connectivity index (χ4v) is 3.43. The van der Waals surface area contributed by atoms with E-state index in [4.69, 9.17) is 4.74 Å². The second kappa shape index (κ2) is 8.51. The predicted octanol–water partition coefficient (Wildman–Crippen LogP) is 3.38.